The minimum Gasteiger partial charge on any atom is -0.338 e. The molecule has 3 fully saturated rings. The molecule has 2 aromatic heterocycles. The summed E-state index contributed by atoms with van der Waals surface area (Å²) in [6.45, 7) is 5.50. The molecule has 5 heterocycles. The van der Waals surface area contributed by atoms with Crippen LogP contribution in [0.2, 0.25) is 0 Å². The van der Waals surface area contributed by atoms with E-state index in [2.05, 4.69) is 22.0 Å². The van der Waals surface area contributed by atoms with Gasteiger partial charge in [0.25, 0.3) is 0 Å². The van der Waals surface area contributed by atoms with Gasteiger partial charge in [-0.1, -0.05) is 11.2 Å². The average molecular weight is 434 g/mol. The lowest BCUT2D eigenvalue weighted by Gasteiger charge is -2.37. The van der Waals surface area contributed by atoms with E-state index < -0.39 is 0 Å². The number of nitrogens with zero attached hydrogens (tertiary/aromatic N) is 5. The van der Waals surface area contributed by atoms with Crippen molar-refractivity contribution in [1.82, 2.24) is 24.8 Å². The van der Waals surface area contributed by atoms with Crippen LogP contribution in [0, 0.1) is 0 Å². The molecule has 2 atom stereocenters. The van der Waals surface area contributed by atoms with Crippen molar-refractivity contribution in [3.05, 3.63) is 23.4 Å². The number of hydrogen-bond donors (Lipinski definition) is 0. The molecule has 0 saturated carbocycles. The Morgan fingerprint density at radius 3 is 2.93 bits per heavy atom. The van der Waals surface area contributed by atoms with Gasteiger partial charge in [0, 0.05) is 38.4 Å². The second-order valence-corrected chi connectivity index (χ2v) is 10.3. The molecule has 29 heavy (non-hydrogen) atoms. The van der Waals surface area contributed by atoms with Crippen LogP contribution in [0.1, 0.15) is 25.7 Å². The predicted octanol–water partition coefficient (Wildman–Crippen LogP) is 1.90. The van der Waals surface area contributed by atoms with E-state index in [0.29, 0.717) is 43.5 Å². The quantitative estimate of drug-likeness (QED) is 0.728. The second-order valence-electron chi connectivity index (χ2n) is 7.86. The normalized spacial score (nSPS) is 27.6. The fourth-order valence-electron chi connectivity index (χ4n) is 4.36. The maximum absolute atomic E-state index is 13.1. The molecule has 3 aliphatic heterocycles. The van der Waals surface area contributed by atoms with Gasteiger partial charge in [-0.2, -0.15) is 4.98 Å². The Morgan fingerprint density at radius 2 is 2.17 bits per heavy atom. The zero-order valence-electron chi connectivity index (χ0n) is 16.2. The summed E-state index contributed by atoms with van der Waals surface area (Å²) in [6.07, 6.45) is 1.39. The van der Waals surface area contributed by atoms with Gasteiger partial charge in [0.1, 0.15) is 6.04 Å². The SMILES string of the molecule is CC12CCC(=O)N1C(C(=O)N1CCN(Cc3nc(-c4cccs4)no3)CC1)CS2. The largest absolute Gasteiger partial charge is 0.338 e. The first kappa shape index (κ1) is 19.1. The molecule has 3 saturated heterocycles. The van der Waals surface area contributed by atoms with Gasteiger partial charge in [-0.3, -0.25) is 14.5 Å². The van der Waals surface area contributed by atoms with Crippen LogP contribution in [0.25, 0.3) is 10.7 Å². The lowest BCUT2D eigenvalue weighted by atomic mass is 10.2. The summed E-state index contributed by atoms with van der Waals surface area (Å²) >= 11 is 3.33. The van der Waals surface area contributed by atoms with E-state index in [0.717, 1.165) is 24.4 Å². The summed E-state index contributed by atoms with van der Waals surface area (Å²) in [4.78, 5) is 36.7. The van der Waals surface area contributed by atoms with E-state index >= 15 is 0 Å². The molecule has 3 aliphatic rings. The molecule has 8 nitrogen and oxygen atoms in total. The fraction of sp³-hybridized carbons (Fsp3) is 0.579. The Bertz CT molecular complexity index is 909. The molecule has 5 rings (SSSR count). The Kier molecular flexibility index (Phi) is 4.87. The topological polar surface area (TPSA) is 82.8 Å². The number of piperazine rings is 1. The van der Waals surface area contributed by atoms with Crippen molar-refractivity contribution in [2.24, 2.45) is 0 Å². The highest BCUT2D eigenvalue weighted by atomic mass is 32.2. The molecule has 0 bridgehead atoms. The number of hydrogen-bond acceptors (Lipinski definition) is 8. The molecule has 2 amide bonds. The Labute approximate surface area is 177 Å². The smallest absolute Gasteiger partial charge is 0.246 e. The monoisotopic (exact) mass is 433 g/mol. The highest BCUT2D eigenvalue weighted by Crippen LogP contribution is 2.47. The van der Waals surface area contributed by atoms with Crippen LogP contribution in [0.4, 0.5) is 0 Å². The van der Waals surface area contributed by atoms with Crippen LogP contribution in [0.3, 0.4) is 0 Å². The van der Waals surface area contributed by atoms with Crippen molar-refractivity contribution < 1.29 is 14.1 Å². The zero-order chi connectivity index (χ0) is 20.0. The van der Waals surface area contributed by atoms with Gasteiger partial charge < -0.3 is 14.3 Å². The second kappa shape index (κ2) is 7.41. The third-order valence-corrected chi connectivity index (χ3v) is 8.35. The molecular weight excluding hydrogens is 410 g/mol. The first-order valence-corrected chi connectivity index (χ1v) is 11.7. The van der Waals surface area contributed by atoms with Crippen LogP contribution in [0.15, 0.2) is 22.0 Å². The van der Waals surface area contributed by atoms with Crippen LogP contribution >= 0.6 is 23.1 Å². The van der Waals surface area contributed by atoms with Gasteiger partial charge in [-0.15, -0.1) is 23.1 Å². The van der Waals surface area contributed by atoms with Crippen molar-refractivity contribution >= 4 is 34.9 Å². The average Bonchev–Trinajstić information content (AvgIpc) is 3.49. The van der Waals surface area contributed by atoms with Crippen molar-refractivity contribution in [3.8, 4) is 10.7 Å². The number of carbonyl (C=O) groups excluding carboxylic acids is 2. The number of fused-ring (bicyclic) bond motifs is 1. The standard InChI is InChI=1S/C19H23N5O3S2/c1-19-5-4-16(25)24(19)13(12-29-19)18(26)23-8-6-22(7-9-23)11-15-20-17(21-27-15)14-3-2-10-28-14/h2-3,10,13H,4-9,11-12H2,1H3. The summed E-state index contributed by atoms with van der Waals surface area (Å²) in [5, 5.41) is 6.05. The van der Waals surface area contributed by atoms with Crippen LogP contribution in [-0.4, -0.2) is 79.5 Å². The van der Waals surface area contributed by atoms with Gasteiger partial charge in [-0.25, -0.2) is 0 Å². The van der Waals surface area contributed by atoms with Crippen molar-refractivity contribution in [3.63, 3.8) is 0 Å². The number of carbonyl (C=O) groups is 2. The van der Waals surface area contributed by atoms with E-state index in [1.807, 2.05) is 27.3 Å². The van der Waals surface area contributed by atoms with Crippen molar-refractivity contribution in [2.75, 3.05) is 31.9 Å². The molecule has 0 spiro atoms. The van der Waals surface area contributed by atoms with E-state index in [-0.39, 0.29) is 22.7 Å². The number of thiophene rings is 1. The van der Waals surface area contributed by atoms with E-state index in [9.17, 15) is 9.59 Å². The molecule has 2 aromatic rings. The molecular formula is C19H23N5O3S2. The summed E-state index contributed by atoms with van der Waals surface area (Å²) < 4.78 is 5.39. The van der Waals surface area contributed by atoms with E-state index in [1.54, 1.807) is 23.1 Å². The third kappa shape index (κ3) is 3.47. The summed E-state index contributed by atoms with van der Waals surface area (Å²) in [6, 6.07) is 3.63. The van der Waals surface area contributed by atoms with Gasteiger partial charge in [0.15, 0.2) is 0 Å². The number of amides is 2. The van der Waals surface area contributed by atoms with E-state index in [1.165, 1.54) is 0 Å². The van der Waals surface area contributed by atoms with Crippen LogP contribution in [0.5, 0.6) is 0 Å². The summed E-state index contributed by atoms with van der Waals surface area (Å²) in [5.74, 6) is 2.13. The van der Waals surface area contributed by atoms with Crippen molar-refractivity contribution in [2.45, 2.75) is 37.2 Å². The molecule has 0 N–H and O–H groups in total. The van der Waals surface area contributed by atoms with Gasteiger partial charge in [0.2, 0.25) is 23.5 Å². The molecule has 2 unspecified atom stereocenters. The van der Waals surface area contributed by atoms with Crippen LogP contribution in [-0.2, 0) is 16.1 Å². The van der Waals surface area contributed by atoms with Crippen molar-refractivity contribution in [1.29, 1.82) is 0 Å². The maximum Gasteiger partial charge on any atom is 0.246 e. The molecule has 0 radical (unpaired) electrons. The van der Waals surface area contributed by atoms with E-state index in [4.69, 9.17) is 4.52 Å². The lowest BCUT2D eigenvalue weighted by molar-refractivity contribution is -0.145. The summed E-state index contributed by atoms with van der Waals surface area (Å²) in [5.41, 5.74) is 0. The maximum atomic E-state index is 13.1. The van der Waals surface area contributed by atoms with Crippen LogP contribution < -0.4 is 0 Å². The fourth-order valence-corrected chi connectivity index (χ4v) is 6.43. The first-order valence-electron chi connectivity index (χ1n) is 9.87. The number of thioether (sulfide) groups is 1. The lowest BCUT2D eigenvalue weighted by Crippen LogP contribution is -2.56. The molecule has 154 valence electrons. The van der Waals surface area contributed by atoms with Gasteiger partial charge >= 0.3 is 0 Å². The third-order valence-electron chi connectivity index (χ3n) is 5.98. The first-order chi connectivity index (χ1) is 14.0. The predicted molar refractivity (Wildman–Crippen MR) is 110 cm³/mol. The number of aromatic nitrogens is 2. The Balaban J connectivity index is 1.17. The summed E-state index contributed by atoms with van der Waals surface area (Å²) in [7, 11) is 0. The highest BCUT2D eigenvalue weighted by Gasteiger charge is 2.53. The molecule has 10 heteroatoms. The molecule has 0 aliphatic carbocycles. The highest BCUT2D eigenvalue weighted by molar-refractivity contribution is 8.01. The Hall–Kier alpha value is -1.91. The van der Waals surface area contributed by atoms with Gasteiger partial charge in [0.05, 0.1) is 16.3 Å². The number of rotatable bonds is 4. The molecule has 0 aromatic carbocycles. The minimum atomic E-state index is -0.309. The minimum absolute atomic E-state index is 0.0916. The Morgan fingerprint density at radius 1 is 1.34 bits per heavy atom. The zero-order valence-corrected chi connectivity index (χ0v) is 17.9. The van der Waals surface area contributed by atoms with Gasteiger partial charge in [-0.05, 0) is 24.8 Å².